The highest BCUT2D eigenvalue weighted by Crippen LogP contribution is 2.26. The zero-order chi connectivity index (χ0) is 18.8. The fourth-order valence-corrected chi connectivity index (χ4v) is 3.74. The lowest BCUT2D eigenvalue weighted by Gasteiger charge is -2.35. The summed E-state index contributed by atoms with van der Waals surface area (Å²) >= 11 is 6.45. The van der Waals surface area contributed by atoms with Crippen molar-refractivity contribution >= 4 is 35.2 Å². The van der Waals surface area contributed by atoms with Gasteiger partial charge < -0.3 is 20.4 Å². The number of nitrogens with two attached hydrogens (primary N) is 1. The Hall–Kier alpha value is -2.68. The normalized spacial score (nSPS) is 17.4. The van der Waals surface area contributed by atoms with Crippen LogP contribution in [0.2, 0.25) is 5.02 Å². The molecule has 0 saturated carbocycles. The van der Waals surface area contributed by atoms with Crippen molar-refractivity contribution in [2.24, 2.45) is 0 Å². The van der Waals surface area contributed by atoms with E-state index in [9.17, 15) is 4.79 Å². The van der Waals surface area contributed by atoms with Gasteiger partial charge in [0, 0.05) is 45.5 Å². The quantitative estimate of drug-likeness (QED) is 0.832. The number of rotatable bonds is 3. The van der Waals surface area contributed by atoms with Crippen LogP contribution in [-0.2, 0) is 0 Å². The molecule has 2 aliphatic rings. The third-order valence-electron chi connectivity index (χ3n) is 4.90. The molecule has 0 spiro atoms. The minimum atomic E-state index is 0.00527. The van der Waals surface area contributed by atoms with Crippen molar-refractivity contribution in [2.75, 3.05) is 54.8 Å². The van der Waals surface area contributed by atoms with Gasteiger partial charge in [0.05, 0.1) is 10.6 Å². The van der Waals surface area contributed by atoms with Crippen LogP contribution in [-0.4, -0.2) is 70.0 Å². The van der Waals surface area contributed by atoms with E-state index in [1.165, 1.54) is 6.33 Å². The van der Waals surface area contributed by atoms with Crippen LogP contribution in [0, 0.1) is 0 Å². The molecule has 2 aliphatic heterocycles. The molecule has 2 N–H and O–H groups in total. The summed E-state index contributed by atoms with van der Waals surface area (Å²) in [4.78, 5) is 35.1. The topological polar surface area (TPSA) is 104 Å². The first-order valence-electron chi connectivity index (χ1n) is 9.01. The number of carbonyl (C=O) groups excluding carboxylic acids is 1. The molecule has 0 aliphatic carbocycles. The molecule has 1 amide bonds. The summed E-state index contributed by atoms with van der Waals surface area (Å²) in [7, 11) is 0. The van der Waals surface area contributed by atoms with Crippen LogP contribution in [0.5, 0.6) is 0 Å². The van der Waals surface area contributed by atoms with Crippen molar-refractivity contribution in [3.8, 4) is 0 Å². The van der Waals surface area contributed by atoms with E-state index in [2.05, 4.69) is 24.8 Å². The van der Waals surface area contributed by atoms with Crippen molar-refractivity contribution in [1.29, 1.82) is 0 Å². The second-order valence-electron chi connectivity index (χ2n) is 6.65. The van der Waals surface area contributed by atoms with Gasteiger partial charge >= 0.3 is 0 Å². The highest BCUT2D eigenvalue weighted by atomic mass is 35.5. The lowest BCUT2D eigenvalue weighted by Crippen LogP contribution is -2.47. The molecule has 0 atom stereocenters. The average Bonchev–Trinajstić information content (AvgIpc) is 3.22. The SMILES string of the molecule is Nc1ncnc(N2CCN(c3ncc(C(=O)N4CCCC4)cc3Cl)CC2)n1. The number of halogens is 1. The summed E-state index contributed by atoms with van der Waals surface area (Å²) in [6.45, 7) is 4.49. The van der Waals surface area contributed by atoms with Crippen LogP contribution >= 0.6 is 11.6 Å². The molecule has 0 radical (unpaired) electrons. The lowest BCUT2D eigenvalue weighted by atomic mass is 10.2. The molecular weight excluding hydrogens is 368 g/mol. The number of pyridine rings is 1. The number of likely N-dealkylation sites (tertiary alicyclic amines) is 1. The molecule has 4 heterocycles. The van der Waals surface area contributed by atoms with Crippen LogP contribution in [0.4, 0.5) is 17.7 Å². The van der Waals surface area contributed by atoms with Crippen LogP contribution in [0.25, 0.3) is 0 Å². The maximum atomic E-state index is 12.5. The van der Waals surface area contributed by atoms with Gasteiger partial charge in [0.25, 0.3) is 5.91 Å². The Morgan fingerprint density at radius 2 is 1.70 bits per heavy atom. The monoisotopic (exact) mass is 388 g/mol. The van der Waals surface area contributed by atoms with Crippen LogP contribution in [0.1, 0.15) is 23.2 Å². The van der Waals surface area contributed by atoms with Crippen LogP contribution < -0.4 is 15.5 Å². The largest absolute Gasteiger partial charge is 0.368 e. The Morgan fingerprint density at radius 1 is 1.00 bits per heavy atom. The van der Waals surface area contributed by atoms with Crippen LogP contribution in [0.3, 0.4) is 0 Å². The first-order valence-corrected chi connectivity index (χ1v) is 9.39. The lowest BCUT2D eigenvalue weighted by molar-refractivity contribution is 0.0792. The minimum Gasteiger partial charge on any atom is -0.368 e. The number of nitrogens with zero attached hydrogens (tertiary/aromatic N) is 7. The highest BCUT2D eigenvalue weighted by Gasteiger charge is 2.24. The molecular formula is C17H21ClN8O. The molecule has 9 nitrogen and oxygen atoms in total. The second-order valence-corrected chi connectivity index (χ2v) is 7.05. The van der Waals surface area contributed by atoms with E-state index in [1.54, 1.807) is 12.3 Å². The number of anilines is 3. The van der Waals surface area contributed by atoms with Gasteiger partial charge in [-0.05, 0) is 18.9 Å². The fourth-order valence-electron chi connectivity index (χ4n) is 3.45. The Kier molecular flexibility index (Phi) is 4.93. The number of aromatic nitrogens is 4. The van der Waals surface area contributed by atoms with Crippen molar-refractivity contribution < 1.29 is 4.79 Å². The summed E-state index contributed by atoms with van der Waals surface area (Å²) in [5.41, 5.74) is 6.18. The van der Waals surface area contributed by atoms with Gasteiger partial charge in [-0.3, -0.25) is 4.79 Å². The third-order valence-corrected chi connectivity index (χ3v) is 5.18. The number of hydrogen-bond donors (Lipinski definition) is 1. The average molecular weight is 389 g/mol. The van der Waals surface area contributed by atoms with Gasteiger partial charge in [-0.1, -0.05) is 11.6 Å². The molecule has 10 heteroatoms. The van der Waals surface area contributed by atoms with Crippen LogP contribution in [0.15, 0.2) is 18.6 Å². The number of nitrogen functional groups attached to an aromatic ring is 1. The number of piperazine rings is 1. The molecule has 0 bridgehead atoms. The zero-order valence-electron chi connectivity index (χ0n) is 14.9. The predicted octanol–water partition coefficient (Wildman–Crippen LogP) is 1.06. The molecule has 2 fully saturated rings. The molecule has 27 heavy (non-hydrogen) atoms. The van der Waals surface area contributed by atoms with Gasteiger partial charge in [-0.2, -0.15) is 4.98 Å². The van der Waals surface area contributed by atoms with E-state index in [-0.39, 0.29) is 11.9 Å². The molecule has 142 valence electrons. The molecule has 0 unspecified atom stereocenters. The molecule has 2 aromatic heterocycles. The summed E-state index contributed by atoms with van der Waals surface area (Å²) < 4.78 is 0. The third kappa shape index (κ3) is 3.73. The van der Waals surface area contributed by atoms with Gasteiger partial charge in [-0.15, -0.1) is 0 Å². The fraction of sp³-hybridized carbons (Fsp3) is 0.471. The van der Waals surface area contributed by atoms with Gasteiger partial charge in [0.15, 0.2) is 0 Å². The molecule has 2 aromatic rings. The molecule has 4 rings (SSSR count). The number of carbonyl (C=O) groups is 1. The first kappa shape index (κ1) is 17.7. The Balaban J connectivity index is 1.43. The maximum Gasteiger partial charge on any atom is 0.255 e. The van der Waals surface area contributed by atoms with Crippen molar-refractivity contribution in [2.45, 2.75) is 12.8 Å². The maximum absolute atomic E-state index is 12.5. The zero-order valence-corrected chi connectivity index (χ0v) is 15.6. The highest BCUT2D eigenvalue weighted by molar-refractivity contribution is 6.33. The minimum absolute atomic E-state index is 0.00527. The Morgan fingerprint density at radius 3 is 2.37 bits per heavy atom. The summed E-state index contributed by atoms with van der Waals surface area (Å²) in [5.74, 6) is 1.49. The Bertz CT molecular complexity index is 833. The van der Waals surface area contributed by atoms with Crippen molar-refractivity contribution in [3.63, 3.8) is 0 Å². The number of amides is 1. The smallest absolute Gasteiger partial charge is 0.255 e. The van der Waals surface area contributed by atoms with E-state index in [4.69, 9.17) is 17.3 Å². The standard InChI is InChI=1S/C17H21ClN8O/c18-13-9-12(15(27)25-3-1-2-4-25)10-20-14(13)24-5-7-26(8-6-24)17-22-11-21-16(19)23-17/h9-11H,1-8H2,(H2,19,21,22,23). The van der Waals surface area contributed by atoms with Gasteiger partial charge in [0.1, 0.15) is 12.1 Å². The van der Waals surface area contributed by atoms with E-state index in [0.29, 0.717) is 22.4 Å². The van der Waals surface area contributed by atoms with E-state index in [1.807, 2.05) is 9.80 Å². The van der Waals surface area contributed by atoms with Gasteiger partial charge in [0.2, 0.25) is 11.9 Å². The summed E-state index contributed by atoms with van der Waals surface area (Å²) in [6, 6.07) is 1.73. The van der Waals surface area contributed by atoms with E-state index in [0.717, 1.165) is 52.1 Å². The van der Waals surface area contributed by atoms with E-state index >= 15 is 0 Å². The molecule has 0 aromatic carbocycles. The molecule has 2 saturated heterocycles. The second kappa shape index (κ2) is 7.51. The van der Waals surface area contributed by atoms with Crippen molar-refractivity contribution in [1.82, 2.24) is 24.8 Å². The summed E-state index contributed by atoms with van der Waals surface area (Å²) in [6.07, 6.45) is 5.16. The number of hydrogen-bond acceptors (Lipinski definition) is 8. The predicted molar refractivity (Wildman–Crippen MR) is 103 cm³/mol. The summed E-state index contributed by atoms with van der Waals surface area (Å²) in [5, 5.41) is 0.498. The van der Waals surface area contributed by atoms with E-state index < -0.39 is 0 Å². The van der Waals surface area contributed by atoms with Gasteiger partial charge in [-0.25, -0.2) is 15.0 Å². The van der Waals surface area contributed by atoms with Crippen molar-refractivity contribution in [3.05, 3.63) is 29.2 Å². The Labute approximate surface area is 162 Å². The first-order chi connectivity index (χ1) is 13.1.